The summed E-state index contributed by atoms with van der Waals surface area (Å²) < 4.78 is 5.88. The van der Waals surface area contributed by atoms with Gasteiger partial charge < -0.3 is 4.74 Å². The van der Waals surface area contributed by atoms with Crippen molar-refractivity contribution in [3.63, 3.8) is 0 Å². The molecule has 0 amide bonds. The molecule has 3 nitrogen and oxygen atoms in total. The van der Waals surface area contributed by atoms with Crippen LogP contribution in [0.25, 0.3) is 0 Å². The van der Waals surface area contributed by atoms with Crippen LogP contribution < -0.4 is 4.74 Å². The van der Waals surface area contributed by atoms with Crippen molar-refractivity contribution in [1.82, 2.24) is 10.2 Å². The summed E-state index contributed by atoms with van der Waals surface area (Å²) in [6.45, 7) is 11.5. The zero-order valence-electron chi connectivity index (χ0n) is 14.9. The maximum Gasteiger partial charge on any atom is 0.233 e. The second-order valence-corrected chi connectivity index (χ2v) is 7.70. The molecule has 0 aliphatic heterocycles. The summed E-state index contributed by atoms with van der Waals surface area (Å²) in [4.78, 5) is 0. The molecule has 1 heterocycles. The summed E-state index contributed by atoms with van der Waals surface area (Å²) in [5, 5.41) is 8.65. The SMILES string of the molecule is CCCC(C)C(C)(C)Cc1ccc(OC2CC(CC)C2)nn1. The molecule has 1 aliphatic carbocycles. The van der Waals surface area contributed by atoms with E-state index in [1.54, 1.807) is 0 Å². The van der Waals surface area contributed by atoms with Crippen molar-refractivity contribution < 1.29 is 4.74 Å². The van der Waals surface area contributed by atoms with E-state index < -0.39 is 0 Å². The van der Waals surface area contributed by atoms with Gasteiger partial charge in [0.05, 0.1) is 5.69 Å². The maximum atomic E-state index is 5.88. The van der Waals surface area contributed by atoms with Gasteiger partial charge in [0, 0.05) is 6.07 Å². The Hall–Kier alpha value is -1.12. The molecule has 0 saturated heterocycles. The fourth-order valence-corrected chi connectivity index (χ4v) is 3.24. The lowest BCUT2D eigenvalue weighted by Crippen LogP contribution is -2.33. The first-order valence-electron chi connectivity index (χ1n) is 8.93. The minimum absolute atomic E-state index is 0.259. The van der Waals surface area contributed by atoms with Gasteiger partial charge in [-0.3, -0.25) is 0 Å². The van der Waals surface area contributed by atoms with Crippen LogP contribution in [-0.2, 0) is 6.42 Å². The van der Waals surface area contributed by atoms with Gasteiger partial charge in [-0.25, -0.2) is 0 Å². The van der Waals surface area contributed by atoms with E-state index in [2.05, 4.69) is 50.9 Å². The predicted molar refractivity (Wildman–Crippen MR) is 91.0 cm³/mol. The first-order chi connectivity index (χ1) is 10.4. The van der Waals surface area contributed by atoms with Crippen LogP contribution >= 0.6 is 0 Å². The Bertz CT molecular complexity index is 449. The van der Waals surface area contributed by atoms with E-state index in [1.165, 1.54) is 32.1 Å². The number of hydrogen-bond donors (Lipinski definition) is 0. The minimum Gasteiger partial charge on any atom is -0.473 e. The van der Waals surface area contributed by atoms with Gasteiger partial charge in [0.1, 0.15) is 6.10 Å². The molecule has 1 aliphatic rings. The zero-order valence-corrected chi connectivity index (χ0v) is 14.9. The molecule has 1 aromatic rings. The molecule has 2 rings (SSSR count). The number of hydrogen-bond acceptors (Lipinski definition) is 3. The minimum atomic E-state index is 0.259. The largest absolute Gasteiger partial charge is 0.473 e. The third-order valence-corrected chi connectivity index (χ3v) is 5.44. The second-order valence-electron chi connectivity index (χ2n) is 7.70. The normalized spacial score (nSPS) is 23.0. The van der Waals surface area contributed by atoms with Crippen molar-refractivity contribution >= 4 is 0 Å². The fraction of sp³-hybridized carbons (Fsp3) is 0.789. The molecule has 1 saturated carbocycles. The van der Waals surface area contributed by atoms with Crippen LogP contribution in [0.3, 0.4) is 0 Å². The highest BCUT2D eigenvalue weighted by atomic mass is 16.5. The molecule has 124 valence electrons. The van der Waals surface area contributed by atoms with E-state index in [4.69, 9.17) is 4.74 Å². The number of nitrogens with zero attached hydrogens (tertiary/aromatic N) is 2. The van der Waals surface area contributed by atoms with Crippen LogP contribution in [0.2, 0.25) is 0 Å². The Morgan fingerprint density at radius 3 is 2.50 bits per heavy atom. The van der Waals surface area contributed by atoms with E-state index >= 15 is 0 Å². The van der Waals surface area contributed by atoms with Gasteiger partial charge in [-0.05, 0) is 42.6 Å². The molecule has 1 unspecified atom stereocenters. The average Bonchev–Trinajstić information content (AvgIpc) is 2.44. The van der Waals surface area contributed by atoms with Crippen LogP contribution in [0, 0.1) is 17.3 Å². The van der Waals surface area contributed by atoms with Crippen LogP contribution in [-0.4, -0.2) is 16.3 Å². The molecule has 0 bridgehead atoms. The molecular formula is C19H32N2O. The van der Waals surface area contributed by atoms with E-state index in [-0.39, 0.29) is 5.41 Å². The highest BCUT2D eigenvalue weighted by Gasteiger charge is 2.30. The summed E-state index contributed by atoms with van der Waals surface area (Å²) in [5.41, 5.74) is 1.33. The Morgan fingerprint density at radius 2 is 1.95 bits per heavy atom. The predicted octanol–water partition coefficient (Wildman–Crippen LogP) is 5.05. The molecule has 0 radical (unpaired) electrons. The van der Waals surface area contributed by atoms with Crippen molar-refractivity contribution in [3.8, 4) is 5.88 Å². The third-order valence-electron chi connectivity index (χ3n) is 5.44. The number of ether oxygens (including phenoxy) is 1. The molecule has 1 atom stereocenters. The van der Waals surface area contributed by atoms with E-state index in [1.807, 2.05) is 6.07 Å². The molecule has 1 fully saturated rings. The lowest BCUT2D eigenvalue weighted by molar-refractivity contribution is 0.0581. The smallest absolute Gasteiger partial charge is 0.233 e. The fourth-order valence-electron chi connectivity index (χ4n) is 3.24. The van der Waals surface area contributed by atoms with Gasteiger partial charge in [-0.1, -0.05) is 53.9 Å². The third kappa shape index (κ3) is 4.44. The highest BCUT2D eigenvalue weighted by molar-refractivity contribution is 5.13. The molecule has 22 heavy (non-hydrogen) atoms. The van der Waals surface area contributed by atoms with Crippen molar-refractivity contribution in [2.75, 3.05) is 0 Å². The second kappa shape index (κ2) is 7.43. The van der Waals surface area contributed by atoms with Crippen molar-refractivity contribution in [3.05, 3.63) is 17.8 Å². The summed E-state index contributed by atoms with van der Waals surface area (Å²) >= 11 is 0. The van der Waals surface area contributed by atoms with Gasteiger partial charge in [0.25, 0.3) is 0 Å². The molecule has 3 heteroatoms. The lowest BCUT2D eigenvalue weighted by Gasteiger charge is -2.34. The van der Waals surface area contributed by atoms with Crippen LogP contribution in [0.1, 0.15) is 72.4 Å². The van der Waals surface area contributed by atoms with Crippen molar-refractivity contribution in [2.24, 2.45) is 17.3 Å². The molecule has 1 aromatic heterocycles. The van der Waals surface area contributed by atoms with Crippen LogP contribution in [0.5, 0.6) is 5.88 Å². The summed E-state index contributed by atoms with van der Waals surface area (Å²) in [7, 11) is 0. The first-order valence-corrected chi connectivity index (χ1v) is 8.93. The van der Waals surface area contributed by atoms with Crippen molar-refractivity contribution in [1.29, 1.82) is 0 Å². The molecule has 0 spiro atoms. The van der Waals surface area contributed by atoms with Gasteiger partial charge in [-0.2, -0.15) is 5.10 Å². The van der Waals surface area contributed by atoms with Gasteiger partial charge in [0.2, 0.25) is 5.88 Å². The summed E-state index contributed by atoms with van der Waals surface area (Å²) in [5.74, 6) is 2.22. The van der Waals surface area contributed by atoms with Gasteiger partial charge in [-0.15, -0.1) is 5.10 Å². The van der Waals surface area contributed by atoms with E-state index in [0.717, 1.165) is 18.0 Å². The Labute approximate surface area is 135 Å². The van der Waals surface area contributed by atoms with Gasteiger partial charge >= 0.3 is 0 Å². The summed E-state index contributed by atoms with van der Waals surface area (Å²) in [6, 6.07) is 4.07. The van der Waals surface area contributed by atoms with Crippen LogP contribution in [0.4, 0.5) is 0 Å². The number of rotatable bonds is 8. The average molecular weight is 304 g/mol. The Balaban J connectivity index is 1.86. The standard InChI is InChI=1S/C19H32N2O/c1-6-8-14(3)19(4,5)13-16-9-10-18(21-20-16)22-17-11-15(7-2)12-17/h9-10,14-15,17H,6-8,11-13H2,1-5H3. The highest BCUT2D eigenvalue weighted by Crippen LogP contribution is 2.34. The quantitative estimate of drug-likeness (QED) is 0.674. The first kappa shape index (κ1) is 17.2. The summed E-state index contributed by atoms with van der Waals surface area (Å²) in [6.07, 6.45) is 7.43. The Kier molecular flexibility index (Phi) is 5.82. The number of aromatic nitrogens is 2. The lowest BCUT2D eigenvalue weighted by atomic mass is 9.74. The molecular weight excluding hydrogens is 272 g/mol. The molecule has 0 aromatic carbocycles. The van der Waals surface area contributed by atoms with Crippen LogP contribution in [0.15, 0.2) is 12.1 Å². The Morgan fingerprint density at radius 1 is 1.23 bits per heavy atom. The van der Waals surface area contributed by atoms with Crippen molar-refractivity contribution in [2.45, 2.75) is 79.2 Å². The maximum absolute atomic E-state index is 5.88. The zero-order chi connectivity index (χ0) is 16.2. The molecule has 0 N–H and O–H groups in total. The topological polar surface area (TPSA) is 35.0 Å². The van der Waals surface area contributed by atoms with E-state index in [9.17, 15) is 0 Å². The van der Waals surface area contributed by atoms with Gasteiger partial charge in [0.15, 0.2) is 0 Å². The monoisotopic (exact) mass is 304 g/mol. The van der Waals surface area contributed by atoms with E-state index in [0.29, 0.717) is 17.9 Å².